The van der Waals surface area contributed by atoms with E-state index in [4.69, 9.17) is 17.0 Å². The van der Waals surface area contributed by atoms with Crippen LogP contribution < -0.4 is 16.2 Å². The van der Waals surface area contributed by atoms with Crippen LogP contribution in [0.2, 0.25) is 0 Å². The van der Waals surface area contributed by atoms with Crippen molar-refractivity contribution < 1.29 is 14.5 Å². The molecule has 1 atom stereocenters. The summed E-state index contributed by atoms with van der Waals surface area (Å²) in [5.41, 5.74) is 5.15. The third kappa shape index (κ3) is 6.85. The summed E-state index contributed by atoms with van der Waals surface area (Å²) in [6, 6.07) is 6.11. The number of carbonyl (C=O) groups is 1. The van der Waals surface area contributed by atoms with E-state index in [1.807, 2.05) is 6.92 Å². The van der Waals surface area contributed by atoms with Crippen LogP contribution in [0.4, 0.5) is 5.69 Å². The zero-order chi connectivity index (χ0) is 17.2. The molecule has 0 aliphatic heterocycles. The number of hydrogen-bond acceptors (Lipinski definition) is 5. The smallest absolute Gasteiger partial charge is 0.276 e. The van der Waals surface area contributed by atoms with E-state index in [1.165, 1.54) is 18.2 Å². The molecule has 3 N–H and O–H groups in total. The first-order valence-electron chi connectivity index (χ1n) is 6.71. The van der Waals surface area contributed by atoms with Gasteiger partial charge in [-0.25, -0.2) is 0 Å². The quantitative estimate of drug-likeness (QED) is 0.309. The first kappa shape index (κ1) is 18.5. The van der Waals surface area contributed by atoms with Crippen molar-refractivity contribution in [1.29, 1.82) is 0 Å². The molecule has 0 saturated heterocycles. The Kier molecular flexibility index (Phi) is 7.64. The summed E-state index contributed by atoms with van der Waals surface area (Å²) < 4.78 is 4.94. The van der Waals surface area contributed by atoms with Crippen LogP contribution in [0, 0.1) is 10.1 Å². The number of nitrogens with zero attached hydrogens (tertiary/aromatic N) is 1. The van der Waals surface area contributed by atoms with E-state index in [1.54, 1.807) is 25.3 Å². The van der Waals surface area contributed by atoms with E-state index in [-0.39, 0.29) is 16.8 Å². The molecule has 23 heavy (non-hydrogen) atoms. The van der Waals surface area contributed by atoms with Gasteiger partial charge in [-0.05, 0) is 31.3 Å². The van der Waals surface area contributed by atoms with Crippen LogP contribution in [-0.4, -0.2) is 35.7 Å². The summed E-state index contributed by atoms with van der Waals surface area (Å²) in [5.74, 6) is -0.494. The number of nitrogens with one attached hydrogen (secondary N) is 3. The van der Waals surface area contributed by atoms with Crippen LogP contribution in [0.25, 0.3) is 6.08 Å². The number of ether oxygens (including phenoxy) is 1. The average Bonchev–Trinajstić information content (AvgIpc) is 2.51. The topological polar surface area (TPSA) is 106 Å². The van der Waals surface area contributed by atoms with Gasteiger partial charge in [0.1, 0.15) is 0 Å². The zero-order valence-corrected chi connectivity index (χ0v) is 13.6. The summed E-state index contributed by atoms with van der Waals surface area (Å²) in [7, 11) is 1.57. The number of hydrazine groups is 1. The van der Waals surface area contributed by atoms with E-state index in [0.29, 0.717) is 12.2 Å². The molecule has 0 aromatic heterocycles. The molecule has 0 bridgehead atoms. The summed E-state index contributed by atoms with van der Waals surface area (Å²) in [5, 5.41) is 14.0. The normalized spacial score (nSPS) is 11.7. The lowest BCUT2D eigenvalue weighted by Crippen LogP contribution is -2.49. The molecule has 1 amide bonds. The Balaban J connectivity index is 2.51. The second-order valence-corrected chi connectivity index (χ2v) is 5.00. The van der Waals surface area contributed by atoms with E-state index in [9.17, 15) is 14.9 Å². The third-order valence-electron chi connectivity index (χ3n) is 2.64. The predicted octanol–water partition coefficient (Wildman–Crippen LogP) is 1.14. The second-order valence-electron chi connectivity index (χ2n) is 4.59. The van der Waals surface area contributed by atoms with Crippen LogP contribution in [0.3, 0.4) is 0 Å². The van der Waals surface area contributed by atoms with E-state index >= 15 is 0 Å². The fourth-order valence-electron chi connectivity index (χ4n) is 1.67. The maximum absolute atomic E-state index is 11.7. The van der Waals surface area contributed by atoms with Gasteiger partial charge in [0.05, 0.1) is 17.1 Å². The summed E-state index contributed by atoms with van der Waals surface area (Å²) in [6.45, 7) is 2.33. The monoisotopic (exact) mass is 338 g/mol. The third-order valence-corrected chi connectivity index (χ3v) is 2.86. The van der Waals surface area contributed by atoms with Crippen molar-refractivity contribution in [2.75, 3.05) is 13.7 Å². The van der Waals surface area contributed by atoms with Gasteiger partial charge >= 0.3 is 0 Å². The molecule has 0 radical (unpaired) electrons. The van der Waals surface area contributed by atoms with Gasteiger partial charge in [0, 0.05) is 25.3 Å². The number of methoxy groups -OCH3 is 1. The number of amides is 1. The fourth-order valence-corrected chi connectivity index (χ4v) is 1.92. The fraction of sp³-hybridized carbons (Fsp3) is 0.286. The van der Waals surface area contributed by atoms with Crippen LogP contribution in [0.15, 0.2) is 30.3 Å². The van der Waals surface area contributed by atoms with E-state index in [0.717, 1.165) is 0 Å². The molecule has 9 heteroatoms. The highest BCUT2D eigenvalue weighted by Gasteiger charge is 2.09. The Morgan fingerprint density at radius 1 is 1.43 bits per heavy atom. The van der Waals surface area contributed by atoms with Gasteiger partial charge in [-0.3, -0.25) is 25.8 Å². The molecule has 0 fully saturated rings. The van der Waals surface area contributed by atoms with Gasteiger partial charge < -0.3 is 10.1 Å². The van der Waals surface area contributed by atoms with Crippen molar-refractivity contribution in [1.82, 2.24) is 16.2 Å². The van der Waals surface area contributed by atoms with Gasteiger partial charge in [0.2, 0.25) is 0 Å². The van der Waals surface area contributed by atoms with Crippen LogP contribution in [0.1, 0.15) is 12.5 Å². The van der Waals surface area contributed by atoms with E-state index < -0.39 is 10.8 Å². The van der Waals surface area contributed by atoms with Crippen molar-refractivity contribution in [2.45, 2.75) is 13.0 Å². The van der Waals surface area contributed by atoms with Crippen molar-refractivity contribution in [3.8, 4) is 0 Å². The molecule has 1 aromatic carbocycles. The summed E-state index contributed by atoms with van der Waals surface area (Å²) >= 11 is 4.99. The highest BCUT2D eigenvalue weighted by Crippen LogP contribution is 2.18. The molecule has 0 aliphatic rings. The first-order chi connectivity index (χ1) is 10.9. The number of carbonyl (C=O) groups excluding carboxylic acids is 1. The van der Waals surface area contributed by atoms with Crippen molar-refractivity contribution >= 4 is 35.0 Å². The van der Waals surface area contributed by atoms with Crippen molar-refractivity contribution in [2.24, 2.45) is 0 Å². The Morgan fingerprint density at radius 2 is 2.13 bits per heavy atom. The van der Waals surface area contributed by atoms with Crippen molar-refractivity contribution in [3.05, 3.63) is 46.0 Å². The SMILES string of the molecule is COC[C@H](C)NC(=S)NNC(=O)/C=C/c1ccccc1[N+](=O)[O-]. The molecule has 0 saturated carbocycles. The van der Waals surface area contributed by atoms with Crippen molar-refractivity contribution in [3.63, 3.8) is 0 Å². The maximum Gasteiger partial charge on any atom is 0.276 e. The van der Waals surface area contributed by atoms with Crippen LogP contribution in [0.5, 0.6) is 0 Å². The molecule has 124 valence electrons. The molecular formula is C14H18N4O4S. The molecule has 0 spiro atoms. The standard InChI is InChI=1S/C14H18N4O4S/c1-10(9-22-2)15-14(23)17-16-13(19)8-7-11-5-3-4-6-12(11)18(20)21/h3-8,10H,9H2,1-2H3,(H,16,19)(H2,15,17,23)/b8-7+/t10-/m0/s1. The first-order valence-corrected chi connectivity index (χ1v) is 7.11. The Hall–Kier alpha value is -2.52. The molecule has 1 aromatic rings. The summed E-state index contributed by atoms with van der Waals surface area (Å²) in [6.07, 6.45) is 2.54. The predicted molar refractivity (Wildman–Crippen MR) is 90.5 cm³/mol. The van der Waals surface area contributed by atoms with Gasteiger partial charge in [-0.2, -0.15) is 0 Å². The molecular weight excluding hydrogens is 320 g/mol. The van der Waals surface area contributed by atoms with Gasteiger partial charge in [-0.15, -0.1) is 0 Å². The average molecular weight is 338 g/mol. The number of thiocarbonyl (C=S) groups is 1. The zero-order valence-electron chi connectivity index (χ0n) is 12.7. The summed E-state index contributed by atoms with van der Waals surface area (Å²) in [4.78, 5) is 22.0. The minimum Gasteiger partial charge on any atom is -0.383 e. The van der Waals surface area contributed by atoms with Gasteiger partial charge in [-0.1, -0.05) is 12.1 Å². The second kappa shape index (κ2) is 9.49. The number of para-hydroxylation sites is 1. The minimum atomic E-state index is -0.508. The Bertz CT molecular complexity index is 606. The number of benzene rings is 1. The lowest BCUT2D eigenvalue weighted by atomic mass is 10.1. The number of rotatable bonds is 6. The largest absolute Gasteiger partial charge is 0.383 e. The lowest BCUT2D eigenvalue weighted by molar-refractivity contribution is -0.385. The molecule has 0 aliphatic carbocycles. The molecule has 0 heterocycles. The lowest BCUT2D eigenvalue weighted by Gasteiger charge is -2.15. The number of hydrogen-bond donors (Lipinski definition) is 3. The Labute approximate surface area is 139 Å². The van der Waals surface area contributed by atoms with Crippen LogP contribution >= 0.6 is 12.2 Å². The minimum absolute atomic E-state index is 0.0144. The van der Waals surface area contributed by atoms with Gasteiger partial charge in [0.25, 0.3) is 11.6 Å². The van der Waals surface area contributed by atoms with E-state index in [2.05, 4.69) is 16.2 Å². The molecule has 0 unspecified atom stereocenters. The number of nitro groups is 1. The Morgan fingerprint density at radius 3 is 2.78 bits per heavy atom. The highest BCUT2D eigenvalue weighted by molar-refractivity contribution is 7.80. The number of nitro benzene ring substituents is 1. The van der Waals surface area contributed by atoms with Crippen LogP contribution in [-0.2, 0) is 9.53 Å². The van der Waals surface area contributed by atoms with Gasteiger partial charge in [0.15, 0.2) is 5.11 Å². The molecule has 8 nitrogen and oxygen atoms in total. The molecule has 1 rings (SSSR count). The highest BCUT2D eigenvalue weighted by atomic mass is 32.1. The maximum atomic E-state index is 11.7.